The Kier molecular flexibility index (Phi) is 5.19. The molecule has 1 aliphatic heterocycles. The molecule has 1 fully saturated rings. The predicted octanol–water partition coefficient (Wildman–Crippen LogP) is 2.09. The lowest BCUT2D eigenvalue weighted by molar-refractivity contribution is 0.252. The van der Waals surface area contributed by atoms with E-state index in [1.54, 1.807) is 0 Å². The minimum atomic E-state index is 0.598. The van der Waals surface area contributed by atoms with Gasteiger partial charge in [-0.25, -0.2) is 4.98 Å². The summed E-state index contributed by atoms with van der Waals surface area (Å²) in [6.07, 6.45) is 4.31. The first kappa shape index (κ1) is 14.8. The molecule has 1 aromatic heterocycles. The maximum Gasteiger partial charge on any atom is 0.133 e. The van der Waals surface area contributed by atoms with Crippen molar-refractivity contribution in [3.8, 4) is 0 Å². The van der Waals surface area contributed by atoms with Crippen LogP contribution in [0, 0.1) is 0 Å². The van der Waals surface area contributed by atoms with Crippen LogP contribution in [0.15, 0.2) is 16.7 Å². The Morgan fingerprint density at radius 3 is 2.79 bits per heavy atom. The molecule has 1 saturated heterocycles. The van der Waals surface area contributed by atoms with Gasteiger partial charge in [-0.15, -0.1) is 0 Å². The molecular formula is C14H23BrN4. The van der Waals surface area contributed by atoms with E-state index >= 15 is 0 Å². The van der Waals surface area contributed by atoms with Crippen LogP contribution in [0.25, 0.3) is 0 Å². The molecular weight excluding hydrogens is 304 g/mol. The van der Waals surface area contributed by atoms with Crippen molar-refractivity contribution >= 4 is 21.7 Å². The number of pyridine rings is 1. The Morgan fingerprint density at radius 2 is 2.16 bits per heavy atom. The normalized spacial score (nSPS) is 17.7. The quantitative estimate of drug-likeness (QED) is 0.918. The van der Waals surface area contributed by atoms with Gasteiger partial charge in [-0.1, -0.05) is 0 Å². The maximum atomic E-state index is 4.62. The third-order valence-corrected chi connectivity index (χ3v) is 4.28. The number of halogens is 1. The number of aromatic nitrogens is 1. The lowest BCUT2D eigenvalue weighted by Gasteiger charge is -2.36. The molecule has 1 N–H and O–H groups in total. The fourth-order valence-electron chi connectivity index (χ4n) is 2.67. The average molecular weight is 327 g/mol. The van der Waals surface area contributed by atoms with Gasteiger partial charge in [-0.2, -0.15) is 0 Å². The van der Waals surface area contributed by atoms with E-state index < -0.39 is 0 Å². The summed E-state index contributed by atoms with van der Waals surface area (Å²) in [5.41, 5.74) is 1.25. The molecule has 0 bridgehead atoms. The smallest absolute Gasteiger partial charge is 0.133 e. The average Bonchev–Trinajstić information content (AvgIpc) is 2.39. The molecule has 0 amide bonds. The maximum absolute atomic E-state index is 4.62. The second kappa shape index (κ2) is 6.68. The highest BCUT2D eigenvalue weighted by molar-refractivity contribution is 9.10. The minimum absolute atomic E-state index is 0.598. The summed E-state index contributed by atoms with van der Waals surface area (Å²) in [7, 11) is 6.34. The Morgan fingerprint density at radius 1 is 1.47 bits per heavy atom. The van der Waals surface area contributed by atoms with E-state index in [1.165, 1.54) is 31.5 Å². The fraction of sp³-hybridized carbons (Fsp3) is 0.643. The molecule has 0 unspecified atom stereocenters. The second-order valence-corrected chi connectivity index (χ2v) is 6.23. The first-order valence-corrected chi connectivity index (χ1v) is 7.61. The molecule has 19 heavy (non-hydrogen) atoms. The number of nitrogens with zero attached hydrogens (tertiary/aromatic N) is 3. The molecule has 106 valence electrons. The van der Waals surface area contributed by atoms with Gasteiger partial charge in [0.05, 0.1) is 0 Å². The Hall–Kier alpha value is -0.650. The van der Waals surface area contributed by atoms with Gasteiger partial charge in [-0.05, 0) is 62.0 Å². The van der Waals surface area contributed by atoms with Crippen LogP contribution in [0.4, 0.5) is 5.82 Å². The number of nitrogens with one attached hydrogen (secondary N) is 1. The van der Waals surface area contributed by atoms with Crippen molar-refractivity contribution in [2.24, 2.45) is 0 Å². The first-order valence-electron chi connectivity index (χ1n) is 6.82. The number of rotatable bonds is 4. The molecule has 1 aromatic rings. The van der Waals surface area contributed by atoms with Crippen LogP contribution in [0.3, 0.4) is 0 Å². The van der Waals surface area contributed by atoms with Crippen molar-refractivity contribution in [1.82, 2.24) is 15.2 Å². The topological polar surface area (TPSA) is 31.4 Å². The molecule has 0 aliphatic carbocycles. The largest absolute Gasteiger partial charge is 0.356 e. The zero-order chi connectivity index (χ0) is 13.8. The van der Waals surface area contributed by atoms with Gasteiger partial charge in [0, 0.05) is 35.9 Å². The van der Waals surface area contributed by atoms with Gasteiger partial charge in [0.25, 0.3) is 0 Å². The fourth-order valence-corrected chi connectivity index (χ4v) is 3.05. The number of piperidine rings is 1. The molecule has 2 rings (SSSR count). The van der Waals surface area contributed by atoms with Crippen molar-refractivity contribution in [2.45, 2.75) is 25.4 Å². The van der Waals surface area contributed by atoms with E-state index in [1.807, 2.05) is 13.2 Å². The van der Waals surface area contributed by atoms with Crippen LogP contribution in [-0.2, 0) is 6.54 Å². The Labute approximate surface area is 124 Å². The lowest BCUT2D eigenvalue weighted by atomic mass is 10.0. The van der Waals surface area contributed by atoms with Crippen molar-refractivity contribution in [1.29, 1.82) is 0 Å². The third kappa shape index (κ3) is 3.68. The van der Waals surface area contributed by atoms with Crippen LogP contribution >= 0.6 is 15.9 Å². The molecule has 2 heterocycles. The zero-order valence-electron chi connectivity index (χ0n) is 12.0. The van der Waals surface area contributed by atoms with Crippen molar-refractivity contribution < 1.29 is 0 Å². The van der Waals surface area contributed by atoms with Crippen molar-refractivity contribution in [3.05, 3.63) is 22.3 Å². The molecule has 0 atom stereocenters. The van der Waals surface area contributed by atoms with E-state index in [4.69, 9.17) is 0 Å². The van der Waals surface area contributed by atoms with E-state index in [2.05, 4.69) is 56.2 Å². The molecule has 1 aliphatic rings. The SMILES string of the molecule is CNCc1cc(Br)cnc1N(C)C1CCN(C)CC1. The summed E-state index contributed by atoms with van der Waals surface area (Å²) in [5.74, 6) is 1.10. The van der Waals surface area contributed by atoms with Crippen LogP contribution in [0.5, 0.6) is 0 Å². The monoisotopic (exact) mass is 326 g/mol. The van der Waals surface area contributed by atoms with Gasteiger partial charge < -0.3 is 15.1 Å². The standard InChI is InChI=1S/C14H23BrN4/c1-16-9-11-8-12(15)10-17-14(11)19(3)13-4-6-18(2)7-5-13/h8,10,13,16H,4-7,9H2,1-3H3. The van der Waals surface area contributed by atoms with E-state index in [9.17, 15) is 0 Å². The number of likely N-dealkylation sites (tertiary alicyclic amines) is 1. The second-order valence-electron chi connectivity index (χ2n) is 5.31. The summed E-state index contributed by atoms with van der Waals surface area (Å²) < 4.78 is 1.04. The van der Waals surface area contributed by atoms with Crippen LogP contribution in [0.1, 0.15) is 18.4 Å². The first-order chi connectivity index (χ1) is 9.11. The van der Waals surface area contributed by atoms with Gasteiger partial charge in [0.15, 0.2) is 0 Å². The van der Waals surface area contributed by atoms with Crippen molar-refractivity contribution in [2.75, 3.05) is 39.1 Å². The molecule has 0 saturated carbocycles. The molecule has 0 spiro atoms. The van der Waals surface area contributed by atoms with E-state index in [0.717, 1.165) is 16.8 Å². The highest BCUT2D eigenvalue weighted by Crippen LogP contribution is 2.25. The van der Waals surface area contributed by atoms with E-state index in [-0.39, 0.29) is 0 Å². The number of hydrogen-bond donors (Lipinski definition) is 1. The summed E-state index contributed by atoms with van der Waals surface area (Å²) in [6.45, 7) is 3.19. The Balaban J connectivity index is 2.15. The third-order valence-electron chi connectivity index (χ3n) is 3.85. The van der Waals surface area contributed by atoms with Gasteiger partial charge in [0.1, 0.15) is 5.82 Å². The van der Waals surface area contributed by atoms with Gasteiger partial charge >= 0.3 is 0 Å². The summed E-state index contributed by atoms with van der Waals surface area (Å²) in [6, 6.07) is 2.75. The summed E-state index contributed by atoms with van der Waals surface area (Å²) in [5, 5.41) is 3.22. The minimum Gasteiger partial charge on any atom is -0.356 e. The number of hydrogen-bond acceptors (Lipinski definition) is 4. The van der Waals surface area contributed by atoms with Crippen molar-refractivity contribution in [3.63, 3.8) is 0 Å². The Bertz CT molecular complexity index is 416. The highest BCUT2D eigenvalue weighted by atomic mass is 79.9. The molecule has 5 heteroatoms. The van der Waals surface area contributed by atoms with Crippen LogP contribution in [0.2, 0.25) is 0 Å². The molecule has 0 aromatic carbocycles. The summed E-state index contributed by atoms with van der Waals surface area (Å²) >= 11 is 3.50. The lowest BCUT2D eigenvalue weighted by Crippen LogP contribution is -2.42. The zero-order valence-corrected chi connectivity index (χ0v) is 13.6. The number of anilines is 1. The molecule has 0 radical (unpaired) electrons. The van der Waals surface area contributed by atoms with Crippen LogP contribution in [-0.4, -0.2) is 50.2 Å². The summed E-state index contributed by atoms with van der Waals surface area (Å²) in [4.78, 5) is 9.37. The predicted molar refractivity (Wildman–Crippen MR) is 83.6 cm³/mol. The van der Waals surface area contributed by atoms with Gasteiger partial charge in [0.2, 0.25) is 0 Å². The van der Waals surface area contributed by atoms with Crippen LogP contribution < -0.4 is 10.2 Å². The van der Waals surface area contributed by atoms with E-state index in [0.29, 0.717) is 6.04 Å². The highest BCUT2D eigenvalue weighted by Gasteiger charge is 2.23. The van der Waals surface area contributed by atoms with Gasteiger partial charge in [-0.3, -0.25) is 0 Å². The molecule has 4 nitrogen and oxygen atoms in total.